The SMILES string of the molecule is CC(O)CCN(C)C(=O)C1C2C3CCC(C3)C12. The zero-order chi connectivity index (χ0) is 12.2. The predicted octanol–water partition coefficient (Wildman–Crippen LogP) is 1.51. The van der Waals surface area contributed by atoms with Gasteiger partial charge in [-0.3, -0.25) is 4.79 Å². The molecule has 96 valence electrons. The normalized spacial score (nSPS) is 43.4. The minimum atomic E-state index is -0.305. The van der Waals surface area contributed by atoms with E-state index in [2.05, 4.69) is 0 Å². The van der Waals surface area contributed by atoms with Crippen LogP contribution < -0.4 is 0 Å². The molecule has 3 aliphatic carbocycles. The van der Waals surface area contributed by atoms with E-state index in [1.54, 1.807) is 6.92 Å². The Morgan fingerprint density at radius 1 is 1.35 bits per heavy atom. The van der Waals surface area contributed by atoms with E-state index in [0.29, 0.717) is 24.8 Å². The third-order valence-corrected chi connectivity index (χ3v) is 5.28. The van der Waals surface area contributed by atoms with Gasteiger partial charge in [0, 0.05) is 19.5 Å². The molecule has 0 aromatic heterocycles. The average Bonchev–Trinajstić information content (AvgIpc) is 2.73. The van der Waals surface area contributed by atoms with Gasteiger partial charge in [-0.25, -0.2) is 0 Å². The van der Waals surface area contributed by atoms with Gasteiger partial charge in [-0.05, 0) is 56.3 Å². The lowest BCUT2D eigenvalue weighted by atomic mass is 10.0. The number of aliphatic hydroxyl groups is 1. The van der Waals surface area contributed by atoms with Crippen LogP contribution in [0.3, 0.4) is 0 Å². The molecule has 3 fully saturated rings. The molecule has 0 spiro atoms. The van der Waals surface area contributed by atoms with Crippen molar-refractivity contribution in [3.8, 4) is 0 Å². The summed E-state index contributed by atoms with van der Waals surface area (Å²) in [5.74, 6) is 3.89. The van der Waals surface area contributed by atoms with Gasteiger partial charge in [0.05, 0.1) is 6.10 Å². The van der Waals surface area contributed by atoms with Gasteiger partial charge >= 0.3 is 0 Å². The summed E-state index contributed by atoms with van der Waals surface area (Å²) in [6.07, 6.45) is 4.52. The molecule has 0 aromatic carbocycles. The molecule has 3 saturated carbocycles. The van der Waals surface area contributed by atoms with E-state index in [9.17, 15) is 9.90 Å². The Hall–Kier alpha value is -0.570. The Bertz CT molecular complexity index is 312. The monoisotopic (exact) mass is 237 g/mol. The molecule has 5 unspecified atom stereocenters. The highest BCUT2D eigenvalue weighted by Gasteiger charge is 2.67. The van der Waals surface area contributed by atoms with Gasteiger partial charge in [-0.15, -0.1) is 0 Å². The number of hydrogen-bond donors (Lipinski definition) is 1. The average molecular weight is 237 g/mol. The number of fused-ring (bicyclic) bond motifs is 5. The Morgan fingerprint density at radius 2 is 1.94 bits per heavy atom. The van der Waals surface area contributed by atoms with Crippen molar-refractivity contribution in [1.29, 1.82) is 0 Å². The second kappa shape index (κ2) is 3.98. The summed E-state index contributed by atoms with van der Waals surface area (Å²) in [5, 5.41) is 9.25. The Kier molecular flexibility index (Phi) is 2.69. The van der Waals surface area contributed by atoms with Crippen molar-refractivity contribution < 1.29 is 9.90 Å². The molecule has 17 heavy (non-hydrogen) atoms. The van der Waals surface area contributed by atoms with Crippen LogP contribution in [0.4, 0.5) is 0 Å². The van der Waals surface area contributed by atoms with Crippen LogP contribution in [0.5, 0.6) is 0 Å². The van der Waals surface area contributed by atoms with Crippen molar-refractivity contribution in [3.05, 3.63) is 0 Å². The summed E-state index contributed by atoms with van der Waals surface area (Å²) in [6.45, 7) is 2.48. The highest BCUT2D eigenvalue weighted by molar-refractivity contribution is 5.82. The summed E-state index contributed by atoms with van der Waals surface area (Å²) in [5.41, 5.74) is 0. The molecule has 1 N–H and O–H groups in total. The van der Waals surface area contributed by atoms with Gasteiger partial charge < -0.3 is 10.0 Å². The van der Waals surface area contributed by atoms with E-state index in [1.165, 1.54) is 19.3 Å². The largest absolute Gasteiger partial charge is 0.393 e. The van der Waals surface area contributed by atoms with Crippen molar-refractivity contribution in [2.75, 3.05) is 13.6 Å². The van der Waals surface area contributed by atoms with Gasteiger partial charge in [0.15, 0.2) is 0 Å². The molecular weight excluding hydrogens is 214 g/mol. The van der Waals surface area contributed by atoms with E-state index in [4.69, 9.17) is 0 Å². The molecule has 3 aliphatic rings. The van der Waals surface area contributed by atoms with Crippen LogP contribution in [0, 0.1) is 29.6 Å². The molecule has 0 radical (unpaired) electrons. The van der Waals surface area contributed by atoms with Crippen LogP contribution in [0.1, 0.15) is 32.6 Å². The zero-order valence-corrected chi connectivity index (χ0v) is 10.8. The number of nitrogens with zero attached hydrogens (tertiary/aromatic N) is 1. The number of carbonyl (C=O) groups excluding carboxylic acids is 1. The molecule has 3 nitrogen and oxygen atoms in total. The van der Waals surface area contributed by atoms with Gasteiger partial charge in [-0.2, -0.15) is 0 Å². The highest BCUT2D eigenvalue weighted by atomic mass is 16.3. The number of hydrogen-bond acceptors (Lipinski definition) is 2. The van der Waals surface area contributed by atoms with E-state index in [1.807, 2.05) is 11.9 Å². The van der Waals surface area contributed by atoms with E-state index in [0.717, 1.165) is 23.7 Å². The first-order valence-electron chi connectivity index (χ1n) is 7.02. The van der Waals surface area contributed by atoms with Crippen molar-refractivity contribution >= 4 is 5.91 Å². The van der Waals surface area contributed by atoms with Crippen molar-refractivity contribution in [1.82, 2.24) is 4.90 Å². The second-order valence-corrected chi connectivity index (χ2v) is 6.41. The van der Waals surface area contributed by atoms with Crippen molar-refractivity contribution in [2.45, 2.75) is 38.7 Å². The summed E-state index contributed by atoms with van der Waals surface area (Å²) in [7, 11) is 1.89. The summed E-state index contributed by atoms with van der Waals surface area (Å²) < 4.78 is 0. The van der Waals surface area contributed by atoms with E-state index < -0.39 is 0 Å². The first kappa shape index (κ1) is 11.5. The molecule has 5 atom stereocenters. The number of amides is 1. The maximum atomic E-state index is 12.3. The van der Waals surface area contributed by atoms with Crippen LogP contribution in [-0.4, -0.2) is 35.6 Å². The zero-order valence-electron chi connectivity index (χ0n) is 10.8. The highest BCUT2D eigenvalue weighted by Crippen LogP contribution is 2.69. The molecule has 3 heteroatoms. The van der Waals surface area contributed by atoms with Gasteiger partial charge in [0.25, 0.3) is 0 Å². The summed E-state index contributed by atoms with van der Waals surface area (Å²) >= 11 is 0. The molecule has 0 heterocycles. The molecule has 3 rings (SSSR count). The number of rotatable bonds is 4. The lowest BCUT2D eigenvalue weighted by Gasteiger charge is -2.19. The molecule has 0 aliphatic heterocycles. The lowest BCUT2D eigenvalue weighted by Crippen LogP contribution is -2.32. The van der Waals surface area contributed by atoms with E-state index >= 15 is 0 Å². The van der Waals surface area contributed by atoms with Crippen molar-refractivity contribution in [3.63, 3.8) is 0 Å². The molecular formula is C14H23NO2. The van der Waals surface area contributed by atoms with Crippen molar-refractivity contribution in [2.24, 2.45) is 29.6 Å². The predicted molar refractivity (Wildman–Crippen MR) is 65.2 cm³/mol. The second-order valence-electron chi connectivity index (χ2n) is 6.41. The topological polar surface area (TPSA) is 40.5 Å². The molecule has 0 saturated heterocycles. The third-order valence-electron chi connectivity index (χ3n) is 5.28. The fraction of sp³-hybridized carbons (Fsp3) is 0.929. The lowest BCUT2D eigenvalue weighted by molar-refractivity contribution is -0.132. The van der Waals surface area contributed by atoms with Crippen LogP contribution in [-0.2, 0) is 4.79 Å². The maximum Gasteiger partial charge on any atom is 0.226 e. The molecule has 1 amide bonds. The number of carbonyl (C=O) groups is 1. The quantitative estimate of drug-likeness (QED) is 0.805. The van der Waals surface area contributed by atoms with Gasteiger partial charge in [0.2, 0.25) is 5.91 Å². The van der Waals surface area contributed by atoms with Crippen LogP contribution >= 0.6 is 0 Å². The van der Waals surface area contributed by atoms with Crippen LogP contribution in [0.15, 0.2) is 0 Å². The minimum Gasteiger partial charge on any atom is -0.393 e. The van der Waals surface area contributed by atoms with Gasteiger partial charge in [-0.1, -0.05) is 0 Å². The standard InChI is InChI=1S/C14H23NO2/c1-8(16)5-6-15(2)14(17)13-11-9-3-4-10(7-9)12(11)13/h8-13,16H,3-7H2,1-2H3. The third kappa shape index (κ3) is 1.79. The first-order valence-corrected chi connectivity index (χ1v) is 7.02. The Morgan fingerprint density at radius 3 is 2.47 bits per heavy atom. The molecule has 2 bridgehead atoms. The smallest absolute Gasteiger partial charge is 0.226 e. The van der Waals surface area contributed by atoms with E-state index in [-0.39, 0.29) is 6.10 Å². The minimum absolute atomic E-state index is 0.305. The Balaban J connectivity index is 1.55. The summed E-state index contributed by atoms with van der Waals surface area (Å²) in [4.78, 5) is 14.1. The Labute approximate surface area is 103 Å². The fourth-order valence-electron chi connectivity index (χ4n) is 4.40. The van der Waals surface area contributed by atoms with Gasteiger partial charge in [0.1, 0.15) is 0 Å². The van der Waals surface area contributed by atoms with Crippen LogP contribution in [0.2, 0.25) is 0 Å². The fourth-order valence-corrected chi connectivity index (χ4v) is 4.40. The van der Waals surface area contributed by atoms with Crippen LogP contribution in [0.25, 0.3) is 0 Å². The summed E-state index contributed by atoms with van der Waals surface area (Å²) in [6, 6.07) is 0. The maximum absolute atomic E-state index is 12.3. The first-order chi connectivity index (χ1) is 8.09. The number of aliphatic hydroxyl groups excluding tert-OH is 1. The molecule has 0 aromatic rings.